The molecule has 0 aliphatic heterocycles. The van der Waals surface area contributed by atoms with Gasteiger partial charge in [-0.25, -0.2) is 4.39 Å². The number of nitrogens with zero attached hydrogens (tertiary/aromatic N) is 1. The van der Waals surface area contributed by atoms with Gasteiger partial charge in [0.2, 0.25) is 0 Å². The van der Waals surface area contributed by atoms with Crippen LogP contribution in [0, 0.1) is 5.82 Å². The Morgan fingerprint density at radius 1 is 1.46 bits per heavy atom. The van der Waals surface area contributed by atoms with Crippen LogP contribution in [-0.4, -0.2) is 11.3 Å². The van der Waals surface area contributed by atoms with Crippen LogP contribution in [0.4, 0.5) is 4.39 Å². The quantitative estimate of drug-likeness (QED) is 0.652. The van der Waals surface area contributed by atoms with E-state index in [1.54, 1.807) is 6.20 Å². The Bertz CT molecular complexity index is 334. The van der Waals surface area contributed by atoms with E-state index in [4.69, 9.17) is 0 Å². The standard InChI is InChI=1S/C10H10FNO/c11-10-5-12-4-8(9(10)6-13)7-2-1-3-7/h4-7H,1-3H2. The number of halogens is 1. The summed E-state index contributed by atoms with van der Waals surface area (Å²) in [4.78, 5) is 14.4. The molecule has 0 atom stereocenters. The van der Waals surface area contributed by atoms with Crippen LogP contribution in [0.2, 0.25) is 0 Å². The first-order valence-corrected chi connectivity index (χ1v) is 4.41. The minimum absolute atomic E-state index is 0.194. The van der Waals surface area contributed by atoms with E-state index >= 15 is 0 Å². The molecule has 1 aromatic rings. The maximum atomic E-state index is 13.1. The van der Waals surface area contributed by atoms with Crippen LogP contribution in [0.25, 0.3) is 0 Å². The molecule has 13 heavy (non-hydrogen) atoms. The van der Waals surface area contributed by atoms with Crippen molar-refractivity contribution in [1.29, 1.82) is 0 Å². The Balaban J connectivity index is 2.42. The van der Waals surface area contributed by atoms with E-state index in [1.165, 1.54) is 6.42 Å². The highest BCUT2D eigenvalue weighted by molar-refractivity contribution is 5.77. The van der Waals surface area contributed by atoms with Gasteiger partial charge < -0.3 is 0 Å². The summed E-state index contributed by atoms with van der Waals surface area (Å²) in [7, 11) is 0. The molecule has 1 aromatic heterocycles. The van der Waals surface area contributed by atoms with Crippen molar-refractivity contribution in [3.63, 3.8) is 0 Å². The summed E-state index contributed by atoms with van der Waals surface area (Å²) >= 11 is 0. The second kappa shape index (κ2) is 3.24. The van der Waals surface area contributed by atoms with Gasteiger partial charge in [0.25, 0.3) is 0 Å². The lowest BCUT2D eigenvalue weighted by Gasteiger charge is -2.26. The fourth-order valence-corrected chi connectivity index (χ4v) is 1.63. The molecule has 0 unspecified atom stereocenters. The highest BCUT2D eigenvalue weighted by atomic mass is 19.1. The van der Waals surface area contributed by atoms with Crippen molar-refractivity contribution < 1.29 is 9.18 Å². The van der Waals surface area contributed by atoms with Crippen molar-refractivity contribution in [2.24, 2.45) is 0 Å². The summed E-state index contributed by atoms with van der Waals surface area (Å²) in [6.07, 6.45) is 6.55. The second-order valence-corrected chi connectivity index (χ2v) is 3.37. The molecule has 1 saturated carbocycles. The van der Waals surface area contributed by atoms with Crippen LogP contribution in [0.3, 0.4) is 0 Å². The summed E-state index contributed by atoms with van der Waals surface area (Å²) < 4.78 is 13.1. The van der Waals surface area contributed by atoms with E-state index in [9.17, 15) is 9.18 Å². The minimum atomic E-state index is -0.501. The maximum absolute atomic E-state index is 13.1. The maximum Gasteiger partial charge on any atom is 0.153 e. The first kappa shape index (κ1) is 8.35. The van der Waals surface area contributed by atoms with Gasteiger partial charge in [-0.15, -0.1) is 0 Å². The topological polar surface area (TPSA) is 30.0 Å². The number of aldehydes is 1. The number of carbonyl (C=O) groups is 1. The Hall–Kier alpha value is -1.25. The lowest BCUT2D eigenvalue weighted by molar-refractivity contribution is 0.111. The molecule has 0 N–H and O–H groups in total. The third-order valence-electron chi connectivity index (χ3n) is 2.63. The Kier molecular flexibility index (Phi) is 2.08. The van der Waals surface area contributed by atoms with Gasteiger partial charge in [0.1, 0.15) is 0 Å². The van der Waals surface area contributed by atoms with Crippen LogP contribution >= 0.6 is 0 Å². The molecule has 1 aliphatic carbocycles. The van der Waals surface area contributed by atoms with E-state index in [0.717, 1.165) is 24.6 Å². The number of rotatable bonds is 2. The Labute approximate surface area is 75.8 Å². The molecule has 0 saturated heterocycles. The van der Waals surface area contributed by atoms with Crippen molar-refractivity contribution in [1.82, 2.24) is 4.98 Å². The molecule has 0 bridgehead atoms. The molecule has 2 rings (SSSR count). The summed E-state index contributed by atoms with van der Waals surface area (Å²) in [5.74, 6) is -0.150. The highest BCUT2D eigenvalue weighted by Crippen LogP contribution is 2.37. The third kappa shape index (κ3) is 1.34. The van der Waals surface area contributed by atoms with Gasteiger partial charge in [-0.05, 0) is 24.3 Å². The van der Waals surface area contributed by atoms with Gasteiger partial charge in [0, 0.05) is 6.20 Å². The lowest BCUT2D eigenvalue weighted by Crippen LogP contribution is -2.12. The molecule has 1 aliphatic rings. The minimum Gasteiger partial charge on any atom is -0.298 e. The number of aromatic nitrogens is 1. The van der Waals surface area contributed by atoms with Gasteiger partial charge in [-0.2, -0.15) is 0 Å². The van der Waals surface area contributed by atoms with E-state index in [2.05, 4.69) is 4.98 Å². The molecule has 1 heterocycles. The highest BCUT2D eigenvalue weighted by Gasteiger charge is 2.23. The fraction of sp³-hybridized carbons (Fsp3) is 0.400. The molecule has 2 nitrogen and oxygen atoms in total. The normalized spacial score (nSPS) is 16.7. The molecule has 0 spiro atoms. The largest absolute Gasteiger partial charge is 0.298 e. The Morgan fingerprint density at radius 2 is 2.23 bits per heavy atom. The van der Waals surface area contributed by atoms with E-state index in [1.807, 2.05) is 0 Å². The average molecular weight is 179 g/mol. The number of carbonyl (C=O) groups excluding carboxylic acids is 1. The molecule has 0 aromatic carbocycles. The van der Waals surface area contributed by atoms with Crippen molar-refractivity contribution >= 4 is 6.29 Å². The van der Waals surface area contributed by atoms with Crippen LogP contribution in [0.15, 0.2) is 12.4 Å². The number of pyridine rings is 1. The smallest absolute Gasteiger partial charge is 0.153 e. The van der Waals surface area contributed by atoms with Gasteiger partial charge in [0.05, 0.1) is 11.8 Å². The van der Waals surface area contributed by atoms with E-state index in [0.29, 0.717) is 12.2 Å². The fourth-order valence-electron chi connectivity index (χ4n) is 1.63. The summed E-state index contributed by atoms with van der Waals surface area (Å²) in [6.45, 7) is 0. The van der Waals surface area contributed by atoms with Crippen molar-refractivity contribution in [2.75, 3.05) is 0 Å². The van der Waals surface area contributed by atoms with Gasteiger partial charge in [-0.1, -0.05) is 6.42 Å². The van der Waals surface area contributed by atoms with Crippen LogP contribution in [0.5, 0.6) is 0 Å². The number of hydrogen-bond acceptors (Lipinski definition) is 2. The van der Waals surface area contributed by atoms with Crippen molar-refractivity contribution in [3.8, 4) is 0 Å². The zero-order chi connectivity index (χ0) is 9.26. The van der Waals surface area contributed by atoms with Crippen LogP contribution < -0.4 is 0 Å². The first-order valence-electron chi connectivity index (χ1n) is 4.41. The summed E-state index contributed by atoms with van der Waals surface area (Å²) in [5, 5.41) is 0. The lowest BCUT2D eigenvalue weighted by atomic mass is 9.79. The number of hydrogen-bond donors (Lipinski definition) is 0. The van der Waals surface area contributed by atoms with Crippen LogP contribution in [-0.2, 0) is 0 Å². The zero-order valence-corrected chi connectivity index (χ0v) is 7.16. The SMILES string of the molecule is O=Cc1c(F)cncc1C1CCC1. The molecular formula is C10H10FNO. The van der Waals surface area contributed by atoms with Crippen molar-refractivity contribution in [3.05, 3.63) is 29.3 Å². The molecule has 0 amide bonds. The van der Waals surface area contributed by atoms with Gasteiger partial charge in [-0.3, -0.25) is 9.78 Å². The monoisotopic (exact) mass is 179 g/mol. The molecule has 0 radical (unpaired) electrons. The molecular weight excluding hydrogens is 169 g/mol. The van der Waals surface area contributed by atoms with E-state index < -0.39 is 5.82 Å². The van der Waals surface area contributed by atoms with Gasteiger partial charge >= 0.3 is 0 Å². The van der Waals surface area contributed by atoms with E-state index in [-0.39, 0.29) is 5.56 Å². The van der Waals surface area contributed by atoms with Crippen LogP contribution in [0.1, 0.15) is 41.1 Å². The van der Waals surface area contributed by atoms with Gasteiger partial charge in [0.15, 0.2) is 12.1 Å². The average Bonchev–Trinajstić information content (AvgIpc) is 2.01. The third-order valence-corrected chi connectivity index (χ3v) is 2.63. The zero-order valence-electron chi connectivity index (χ0n) is 7.16. The molecule has 68 valence electrons. The summed E-state index contributed by atoms with van der Waals surface area (Å²) in [5.41, 5.74) is 0.973. The first-order chi connectivity index (χ1) is 6.33. The van der Waals surface area contributed by atoms with Crippen molar-refractivity contribution in [2.45, 2.75) is 25.2 Å². The predicted molar refractivity (Wildman–Crippen MR) is 46.2 cm³/mol. The summed E-state index contributed by atoms with van der Waals surface area (Å²) in [6, 6.07) is 0. The molecule has 3 heteroatoms. The second-order valence-electron chi connectivity index (χ2n) is 3.37. The molecule has 1 fully saturated rings. The predicted octanol–water partition coefficient (Wildman–Crippen LogP) is 2.30. The Morgan fingerprint density at radius 3 is 2.77 bits per heavy atom.